The molecule has 0 fully saturated rings. The quantitative estimate of drug-likeness (QED) is 0.139. The molecule has 2 unspecified atom stereocenters. The molecule has 35 heavy (non-hydrogen) atoms. The minimum absolute atomic E-state index is 0.0207. The van der Waals surface area contributed by atoms with Crippen molar-refractivity contribution >= 4 is 57.8 Å². The number of unbranched alkanes of at least 4 members (excludes halogenated alkanes) is 1. The first-order valence-corrected chi connectivity index (χ1v) is 14.1. The third-order valence-corrected chi connectivity index (χ3v) is 9.15. The SMILES string of the molecule is CCCC=CC(Cl)C(Cl)(Cl)S(=O)c1ccc(-c2cn(OC(C)C)cc(-c3ccccc3)c2=S)cc1. The zero-order valence-electron chi connectivity index (χ0n) is 19.8. The van der Waals surface area contributed by atoms with Crippen molar-refractivity contribution in [1.29, 1.82) is 0 Å². The number of hydrogen-bond donors (Lipinski definition) is 0. The molecule has 0 amide bonds. The van der Waals surface area contributed by atoms with Gasteiger partial charge in [0.05, 0.1) is 33.1 Å². The monoisotopic (exact) mass is 567 g/mol. The normalized spacial score (nSPS) is 13.8. The van der Waals surface area contributed by atoms with Crippen LogP contribution in [0.5, 0.6) is 0 Å². The molecule has 8 heteroatoms. The average Bonchev–Trinajstić information content (AvgIpc) is 2.85. The number of nitrogens with zero attached hydrogens (tertiary/aromatic N) is 1. The fourth-order valence-electron chi connectivity index (χ4n) is 3.40. The van der Waals surface area contributed by atoms with Crippen LogP contribution in [0, 0.1) is 4.51 Å². The van der Waals surface area contributed by atoms with E-state index in [2.05, 4.69) is 6.92 Å². The summed E-state index contributed by atoms with van der Waals surface area (Å²) in [5.74, 6) is 0. The van der Waals surface area contributed by atoms with E-state index in [0.29, 0.717) is 9.41 Å². The van der Waals surface area contributed by atoms with Gasteiger partial charge in [0.1, 0.15) is 6.10 Å². The van der Waals surface area contributed by atoms with E-state index in [1.807, 2.05) is 74.8 Å². The Morgan fingerprint density at radius 1 is 1.03 bits per heavy atom. The maximum atomic E-state index is 13.2. The van der Waals surface area contributed by atoms with Crippen molar-refractivity contribution in [1.82, 2.24) is 4.73 Å². The van der Waals surface area contributed by atoms with E-state index in [9.17, 15) is 4.21 Å². The molecule has 2 aromatic carbocycles. The molecular weight excluding hydrogens is 541 g/mol. The van der Waals surface area contributed by atoms with Crippen LogP contribution in [-0.2, 0) is 10.8 Å². The first kappa shape index (κ1) is 27.9. The molecule has 1 heterocycles. The zero-order valence-corrected chi connectivity index (χ0v) is 23.7. The Kier molecular flexibility index (Phi) is 10.0. The highest BCUT2D eigenvalue weighted by molar-refractivity contribution is 7.89. The van der Waals surface area contributed by atoms with Crippen molar-refractivity contribution < 1.29 is 9.05 Å². The predicted molar refractivity (Wildman–Crippen MR) is 152 cm³/mol. The molecule has 0 saturated carbocycles. The van der Waals surface area contributed by atoms with Crippen LogP contribution in [0.2, 0.25) is 0 Å². The van der Waals surface area contributed by atoms with Gasteiger partial charge in [-0.15, -0.1) is 11.6 Å². The zero-order chi connectivity index (χ0) is 25.6. The molecule has 186 valence electrons. The number of allylic oxidation sites excluding steroid dienone is 2. The molecule has 0 radical (unpaired) electrons. The molecule has 0 saturated heterocycles. The van der Waals surface area contributed by atoms with Crippen molar-refractivity contribution in [3.05, 3.63) is 83.7 Å². The number of alkyl halides is 3. The summed E-state index contributed by atoms with van der Waals surface area (Å²) >= 11 is 25.1. The number of pyridine rings is 1. The van der Waals surface area contributed by atoms with Gasteiger partial charge in [-0.1, -0.05) is 103 Å². The minimum atomic E-state index is -1.75. The van der Waals surface area contributed by atoms with Gasteiger partial charge < -0.3 is 4.84 Å². The van der Waals surface area contributed by atoms with Crippen LogP contribution in [-0.4, -0.2) is 24.1 Å². The minimum Gasteiger partial charge on any atom is -0.412 e. The number of benzene rings is 2. The second-order valence-electron chi connectivity index (χ2n) is 8.27. The fraction of sp³-hybridized carbons (Fsp3) is 0.296. The molecule has 0 bridgehead atoms. The summed E-state index contributed by atoms with van der Waals surface area (Å²) in [7, 11) is -1.75. The van der Waals surface area contributed by atoms with Crippen molar-refractivity contribution in [3.63, 3.8) is 0 Å². The van der Waals surface area contributed by atoms with Gasteiger partial charge in [-0.05, 0) is 43.5 Å². The van der Waals surface area contributed by atoms with Crippen LogP contribution < -0.4 is 4.84 Å². The summed E-state index contributed by atoms with van der Waals surface area (Å²) in [5, 5.41) is -0.799. The van der Waals surface area contributed by atoms with Gasteiger partial charge >= 0.3 is 0 Å². The van der Waals surface area contributed by atoms with E-state index in [0.717, 1.165) is 35.1 Å². The van der Waals surface area contributed by atoms with Gasteiger partial charge in [-0.3, -0.25) is 4.21 Å². The molecule has 3 aromatic rings. The molecule has 2 atom stereocenters. The van der Waals surface area contributed by atoms with E-state index in [1.165, 1.54) is 0 Å². The lowest BCUT2D eigenvalue weighted by Gasteiger charge is -2.22. The standard InChI is InChI=1S/C27H28Cl3NO2S2/c1-4-5-7-12-25(28)27(29,30)35(32)22-15-13-21(14-16-22)24-18-31(33-19(2)3)17-23(26(24)34)20-10-8-6-9-11-20/h6-19,25H,4-5H2,1-3H3. The lowest BCUT2D eigenvalue weighted by Crippen LogP contribution is -2.30. The summed E-state index contributed by atoms with van der Waals surface area (Å²) in [6.45, 7) is 5.99. The van der Waals surface area contributed by atoms with Crippen molar-refractivity contribution in [2.24, 2.45) is 0 Å². The van der Waals surface area contributed by atoms with E-state index in [1.54, 1.807) is 22.9 Å². The Hall–Kier alpha value is -1.63. The van der Waals surface area contributed by atoms with Crippen molar-refractivity contribution in [2.75, 3.05) is 0 Å². The summed E-state index contributed by atoms with van der Waals surface area (Å²) in [6, 6.07) is 17.1. The van der Waals surface area contributed by atoms with Gasteiger partial charge in [0, 0.05) is 16.0 Å². The van der Waals surface area contributed by atoms with Gasteiger partial charge in [-0.2, -0.15) is 4.73 Å². The predicted octanol–water partition coefficient (Wildman–Crippen LogP) is 8.59. The Balaban J connectivity index is 1.98. The smallest absolute Gasteiger partial charge is 0.216 e. The summed E-state index contributed by atoms with van der Waals surface area (Å²) in [6.07, 6.45) is 9.16. The van der Waals surface area contributed by atoms with Crippen molar-refractivity contribution in [2.45, 2.75) is 53.7 Å². The number of rotatable bonds is 10. The molecular formula is C27H28Cl3NO2S2. The first-order chi connectivity index (χ1) is 16.6. The molecule has 3 nitrogen and oxygen atoms in total. The number of aromatic nitrogens is 1. The second-order valence-corrected chi connectivity index (χ2v) is 12.6. The van der Waals surface area contributed by atoms with E-state index >= 15 is 0 Å². The van der Waals surface area contributed by atoms with Crippen LogP contribution in [0.4, 0.5) is 0 Å². The molecule has 0 aliphatic carbocycles. The third-order valence-electron chi connectivity index (χ3n) is 5.13. The van der Waals surface area contributed by atoms with Crippen LogP contribution in [0.1, 0.15) is 33.6 Å². The molecule has 0 spiro atoms. The van der Waals surface area contributed by atoms with Gasteiger partial charge in [0.15, 0.2) is 0 Å². The Bertz CT molecular complexity index is 1240. The fourth-order valence-corrected chi connectivity index (χ4v) is 5.75. The van der Waals surface area contributed by atoms with Gasteiger partial charge in [0.2, 0.25) is 3.67 Å². The average molecular weight is 569 g/mol. The third kappa shape index (κ3) is 6.99. The highest BCUT2D eigenvalue weighted by atomic mass is 35.5. The van der Waals surface area contributed by atoms with Gasteiger partial charge in [0.25, 0.3) is 0 Å². The lowest BCUT2D eigenvalue weighted by molar-refractivity contribution is 0.0592. The molecule has 0 aliphatic rings. The topological polar surface area (TPSA) is 31.2 Å². The summed E-state index contributed by atoms with van der Waals surface area (Å²) < 4.78 is 13.9. The second kappa shape index (κ2) is 12.6. The van der Waals surface area contributed by atoms with E-state index in [4.69, 9.17) is 51.9 Å². The lowest BCUT2D eigenvalue weighted by atomic mass is 10.0. The van der Waals surface area contributed by atoms with Crippen LogP contribution in [0.15, 0.2) is 84.0 Å². The van der Waals surface area contributed by atoms with Crippen LogP contribution in [0.3, 0.4) is 0 Å². The van der Waals surface area contributed by atoms with E-state index < -0.39 is 19.8 Å². The highest BCUT2D eigenvalue weighted by Crippen LogP contribution is 2.38. The highest BCUT2D eigenvalue weighted by Gasteiger charge is 2.39. The molecule has 1 aromatic heterocycles. The Morgan fingerprint density at radius 2 is 1.60 bits per heavy atom. The summed E-state index contributed by atoms with van der Waals surface area (Å²) in [4.78, 5) is 6.41. The Morgan fingerprint density at radius 3 is 2.14 bits per heavy atom. The van der Waals surface area contributed by atoms with Crippen LogP contribution in [0.25, 0.3) is 22.3 Å². The number of hydrogen-bond acceptors (Lipinski definition) is 3. The number of halogens is 3. The summed E-state index contributed by atoms with van der Waals surface area (Å²) in [5.41, 5.74) is 3.56. The maximum Gasteiger partial charge on any atom is 0.216 e. The van der Waals surface area contributed by atoms with Crippen molar-refractivity contribution in [3.8, 4) is 22.3 Å². The molecule has 0 aliphatic heterocycles. The van der Waals surface area contributed by atoms with Crippen LogP contribution >= 0.6 is 47.0 Å². The Labute approximate surface area is 230 Å². The molecule has 3 rings (SSSR count). The van der Waals surface area contributed by atoms with E-state index in [-0.39, 0.29) is 6.10 Å². The maximum absolute atomic E-state index is 13.2. The molecule has 0 N–H and O–H groups in total. The largest absolute Gasteiger partial charge is 0.412 e. The van der Waals surface area contributed by atoms with Gasteiger partial charge in [-0.25, -0.2) is 0 Å². The first-order valence-electron chi connectivity index (χ1n) is 11.3.